The molecule has 0 aliphatic heterocycles. The summed E-state index contributed by atoms with van der Waals surface area (Å²) in [5.74, 6) is 0.880. The summed E-state index contributed by atoms with van der Waals surface area (Å²) in [6, 6.07) is 8.78. The molecule has 100 valence electrons. The molecule has 3 rings (SSSR count). The molecular weight excluding hydrogens is 302 g/mol. The number of halogens is 1. The maximum Gasteiger partial charge on any atom is 0.226 e. The lowest BCUT2D eigenvalue weighted by Gasteiger charge is -2.28. The van der Waals surface area contributed by atoms with E-state index in [1.165, 1.54) is 25.7 Å². The van der Waals surface area contributed by atoms with E-state index in [1.54, 1.807) is 0 Å². The fourth-order valence-corrected chi connectivity index (χ4v) is 3.24. The SMILES string of the molecule is BrCCN(c1ncc2ccccc2n1)C1CCCC1. The van der Waals surface area contributed by atoms with E-state index in [1.807, 2.05) is 18.3 Å². The fraction of sp³-hybridized carbons (Fsp3) is 0.467. The van der Waals surface area contributed by atoms with Crippen LogP contribution in [-0.4, -0.2) is 27.9 Å². The molecule has 1 fully saturated rings. The molecule has 0 saturated heterocycles. The molecule has 0 radical (unpaired) electrons. The van der Waals surface area contributed by atoms with Crippen molar-refractivity contribution in [1.82, 2.24) is 9.97 Å². The molecule has 1 aliphatic rings. The van der Waals surface area contributed by atoms with Crippen LogP contribution in [0.25, 0.3) is 10.9 Å². The van der Waals surface area contributed by atoms with Gasteiger partial charge in [-0.25, -0.2) is 9.97 Å². The highest BCUT2D eigenvalue weighted by atomic mass is 79.9. The van der Waals surface area contributed by atoms with Gasteiger partial charge < -0.3 is 4.90 Å². The predicted octanol–water partition coefficient (Wildman–Crippen LogP) is 3.77. The van der Waals surface area contributed by atoms with Gasteiger partial charge >= 0.3 is 0 Å². The zero-order chi connectivity index (χ0) is 13.1. The van der Waals surface area contributed by atoms with Gasteiger partial charge in [-0.05, 0) is 18.9 Å². The Labute approximate surface area is 122 Å². The second kappa shape index (κ2) is 5.87. The second-order valence-electron chi connectivity index (χ2n) is 5.05. The standard InChI is InChI=1S/C15H18BrN3/c16-9-10-19(13-6-2-3-7-13)15-17-11-12-5-1-4-8-14(12)18-15/h1,4-5,8,11,13H,2-3,6-7,9-10H2. The fourth-order valence-electron chi connectivity index (χ4n) is 2.85. The second-order valence-corrected chi connectivity index (χ2v) is 5.84. The summed E-state index contributed by atoms with van der Waals surface area (Å²) in [5.41, 5.74) is 1.03. The van der Waals surface area contributed by atoms with E-state index < -0.39 is 0 Å². The first-order valence-corrected chi connectivity index (χ1v) is 8.05. The van der Waals surface area contributed by atoms with Crippen molar-refractivity contribution in [3.05, 3.63) is 30.5 Å². The molecule has 0 spiro atoms. The summed E-state index contributed by atoms with van der Waals surface area (Å²) in [7, 11) is 0. The van der Waals surface area contributed by atoms with Crippen LogP contribution in [0.5, 0.6) is 0 Å². The van der Waals surface area contributed by atoms with Gasteiger partial charge in [0.05, 0.1) is 5.52 Å². The van der Waals surface area contributed by atoms with E-state index in [9.17, 15) is 0 Å². The number of nitrogens with zero attached hydrogens (tertiary/aromatic N) is 3. The Bertz CT molecular complexity index is 552. The van der Waals surface area contributed by atoms with Crippen LogP contribution >= 0.6 is 15.9 Å². The van der Waals surface area contributed by atoms with Crippen molar-refractivity contribution in [2.45, 2.75) is 31.7 Å². The maximum atomic E-state index is 4.73. The molecule has 1 aromatic carbocycles. The van der Waals surface area contributed by atoms with Crippen LogP contribution in [0.4, 0.5) is 5.95 Å². The average Bonchev–Trinajstić information content (AvgIpc) is 2.98. The predicted molar refractivity (Wildman–Crippen MR) is 82.9 cm³/mol. The van der Waals surface area contributed by atoms with Crippen molar-refractivity contribution in [2.75, 3.05) is 16.8 Å². The number of rotatable bonds is 4. The lowest BCUT2D eigenvalue weighted by Crippen LogP contribution is -2.36. The number of para-hydroxylation sites is 1. The molecule has 2 aromatic rings. The van der Waals surface area contributed by atoms with E-state index in [0.717, 1.165) is 28.7 Å². The molecule has 0 amide bonds. The zero-order valence-electron chi connectivity index (χ0n) is 10.9. The highest BCUT2D eigenvalue weighted by molar-refractivity contribution is 9.09. The topological polar surface area (TPSA) is 29.0 Å². The summed E-state index contributed by atoms with van der Waals surface area (Å²) < 4.78 is 0. The number of fused-ring (bicyclic) bond motifs is 1. The molecule has 0 atom stereocenters. The molecule has 1 saturated carbocycles. The third kappa shape index (κ3) is 2.73. The van der Waals surface area contributed by atoms with E-state index in [-0.39, 0.29) is 0 Å². The van der Waals surface area contributed by atoms with Crippen molar-refractivity contribution in [2.24, 2.45) is 0 Å². The summed E-state index contributed by atoms with van der Waals surface area (Å²) in [6.07, 6.45) is 7.13. The first kappa shape index (κ1) is 12.9. The lowest BCUT2D eigenvalue weighted by molar-refractivity contribution is 0.609. The largest absolute Gasteiger partial charge is 0.337 e. The molecule has 0 N–H and O–H groups in total. The first-order valence-electron chi connectivity index (χ1n) is 6.93. The van der Waals surface area contributed by atoms with Crippen molar-refractivity contribution in [3.63, 3.8) is 0 Å². The number of hydrogen-bond acceptors (Lipinski definition) is 3. The minimum atomic E-state index is 0.610. The van der Waals surface area contributed by atoms with Gasteiger partial charge in [0, 0.05) is 29.5 Å². The molecule has 0 unspecified atom stereocenters. The van der Waals surface area contributed by atoms with E-state index in [0.29, 0.717) is 6.04 Å². The molecule has 0 bridgehead atoms. The number of aromatic nitrogens is 2. The van der Waals surface area contributed by atoms with Gasteiger partial charge in [0.25, 0.3) is 0 Å². The van der Waals surface area contributed by atoms with Gasteiger partial charge in [-0.1, -0.05) is 47.0 Å². The minimum absolute atomic E-state index is 0.610. The summed E-state index contributed by atoms with van der Waals surface area (Å²) in [6.45, 7) is 0.975. The van der Waals surface area contributed by atoms with Crippen LogP contribution in [0, 0.1) is 0 Å². The Morgan fingerprint density at radius 3 is 2.79 bits per heavy atom. The molecule has 1 aliphatic carbocycles. The number of anilines is 1. The third-order valence-corrected chi connectivity index (χ3v) is 4.18. The highest BCUT2D eigenvalue weighted by Gasteiger charge is 2.24. The van der Waals surface area contributed by atoms with Gasteiger partial charge in [0.2, 0.25) is 5.95 Å². The van der Waals surface area contributed by atoms with E-state index in [4.69, 9.17) is 4.98 Å². The summed E-state index contributed by atoms with van der Waals surface area (Å²) >= 11 is 3.55. The number of hydrogen-bond donors (Lipinski definition) is 0. The summed E-state index contributed by atoms with van der Waals surface area (Å²) in [4.78, 5) is 11.7. The van der Waals surface area contributed by atoms with Crippen LogP contribution in [0.1, 0.15) is 25.7 Å². The number of benzene rings is 1. The Hall–Kier alpha value is -1.16. The van der Waals surface area contributed by atoms with Crippen LogP contribution in [0.15, 0.2) is 30.5 Å². The van der Waals surface area contributed by atoms with Crippen molar-refractivity contribution < 1.29 is 0 Å². The number of alkyl halides is 1. The van der Waals surface area contributed by atoms with E-state index in [2.05, 4.69) is 37.9 Å². The minimum Gasteiger partial charge on any atom is -0.337 e. The van der Waals surface area contributed by atoms with Gasteiger partial charge in [0.1, 0.15) is 0 Å². The smallest absolute Gasteiger partial charge is 0.226 e. The van der Waals surface area contributed by atoms with Crippen LogP contribution in [0.3, 0.4) is 0 Å². The van der Waals surface area contributed by atoms with Crippen LogP contribution in [-0.2, 0) is 0 Å². The van der Waals surface area contributed by atoms with Gasteiger partial charge in [-0.2, -0.15) is 0 Å². The highest BCUT2D eigenvalue weighted by Crippen LogP contribution is 2.27. The maximum absolute atomic E-state index is 4.73. The molecule has 1 heterocycles. The average molecular weight is 320 g/mol. The normalized spacial score (nSPS) is 16.1. The van der Waals surface area contributed by atoms with Gasteiger partial charge in [-0.3, -0.25) is 0 Å². The Morgan fingerprint density at radius 2 is 2.00 bits per heavy atom. The summed E-state index contributed by atoms with van der Waals surface area (Å²) in [5, 5.41) is 2.07. The molecule has 4 heteroatoms. The van der Waals surface area contributed by atoms with Crippen molar-refractivity contribution in [3.8, 4) is 0 Å². The lowest BCUT2D eigenvalue weighted by atomic mass is 10.2. The van der Waals surface area contributed by atoms with Crippen molar-refractivity contribution in [1.29, 1.82) is 0 Å². The third-order valence-electron chi connectivity index (χ3n) is 3.82. The Balaban J connectivity index is 1.94. The van der Waals surface area contributed by atoms with Crippen LogP contribution < -0.4 is 4.90 Å². The molecule has 19 heavy (non-hydrogen) atoms. The quantitative estimate of drug-likeness (QED) is 0.803. The van der Waals surface area contributed by atoms with Gasteiger partial charge in [-0.15, -0.1) is 0 Å². The molecule has 3 nitrogen and oxygen atoms in total. The zero-order valence-corrected chi connectivity index (χ0v) is 12.5. The Morgan fingerprint density at radius 1 is 1.21 bits per heavy atom. The van der Waals surface area contributed by atoms with E-state index >= 15 is 0 Å². The molecular formula is C15H18BrN3. The van der Waals surface area contributed by atoms with Crippen molar-refractivity contribution >= 4 is 32.8 Å². The molecule has 1 aromatic heterocycles. The van der Waals surface area contributed by atoms with Gasteiger partial charge in [0.15, 0.2) is 0 Å². The monoisotopic (exact) mass is 319 g/mol. The first-order chi connectivity index (χ1) is 9.38. The Kier molecular flexibility index (Phi) is 3.97. The van der Waals surface area contributed by atoms with Crippen LogP contribution in [0.2, 0.25) is 0 Å².